The normalized spacial score (nSPS) is 11.8. The average Bonchev–Trinajstić information content (AvgIpc) is 0.873. The minimum Gasteiger partial charge on any atom is -0.251 e. The summed E-state index contributed by atoms with van der Waals surface area (Å²) in [7, 11) is 0. The molecule has 0 aliphatic heterocycles. The molecule has 0 aliphatic rings. The number of allylic oxidation sites excluding steroid dienone is 2. The molecule has 0 saturated heterocycles. The smallest absolute Gasteiger partial charge is 0.251 e. The molecule has 0 heterocycles. The molecule has 2 rings (SSSR count). The van der Waals surface area contributed by atoms with Gasteiger partial charge in [0.05, 0.1) is 22.8 Å². The molecule has 0 N–H and O–H groups in total. The van der Waals surface area contributed by atoms with E-state index in [1.54, 1.807) is 0 Å². The Balaban J connectivity index is 0.0000500. The molecule has 100 heavy (non-hydrogen) atoms. The van der Waals surface area contributed by atoms with Crippen molar-refractivity contribution in [1.82, 2.24) is 0 Å². The summed E-state index contributed by atoms with van der Waals surface area (Å²) >= 11 is 0. The van der Waals surface area contributed by atoms with Gasteiger partial charge in [-0.3, -0.25) is 4.99 Å². The third-order valence-electron chi connectivity index (χ3n) is 21.4. The van der Waals surface area contributed by atoms with Crippen molar-refractivity contribution >= 4 is 22.8 Å². The van der Waals surface area contributed by atoms with Gasteiger partial charge in [-0.1, -0.05) is 462 Å². The zero-order valence-electron chi connectivity index (χ0n) is 67.6. The standard InChI is InChI=1S/C97H168N2.Ni/c1-5-9-13-16-19-22-25-28-31-34-37-40-42-44-46-48-51-53-56-59-62-65-68-71-74-77-84-92-86-80-82-89-94(92)98-96(88-12-8-4)97(91-79-76-73-70-67-64-61-58-55-50-39-36-33-30-27-24-21-18-15-11-7-3)99-95-90-83-81-87-93(95)85-78-75-72-69-66-63-60-57-54-52-49-47-45-43-41-38-35-32-29-26-23-20-17-14-10-6-2;/h79-83,86-87,89-91H,5-70,73,76-78,84-85,88H2,1-4H3;/q;+2/b91-79+,98-96?,99-97?;. The maximum absolute atomic E-state index is 5.57. The van der Waals surface area contributed by atoms with Crippen LogP contribution in [0.4, 0.5) is 11.4 Å². The first-order valence-corrected chi connectivity index (χ1v) is 45.1. The van der Waals surface area contributed by atoms with Gasteiger partial charge in [-0.2, -0.15) is 0 Å². The van der Waals surface area contributed by atoms with Crippen molar-refractivity contribution in [1.29, 1.82) is 0 Å². The van der Waals surface area contributed by atoms with E-state index in [0.717, 1.165) is 87.0 Å². The molecular weight excluding hydrogens is 1250 g/mol. The summed E-state index contributed by atoms with van der Waals surface area (Å²) in [4.78, 5) is 11.1. The fourth-order valence-electron chi connectivity index (χ4n) is 14.6. The number of rotatable bonds is 75. The third-order valence-corrected chi connectivity index (χ3v) is 21.4. The topological polar surface area (TPSA) is 24.7 Å². The molecule has 0 aliphatic carbocycles. The second-order valence-electron chi connectivity index (χ2n) is 31.0. The Bertz CT molecular complexity index is 2210. The molecule has 3 heteroatoms. The van der Waals surface area contributed by atoms with Crippen molar-refractivity contribution in [3.63, 3.8) is 0 Å². The van der Waals surface area contributed by atoms with Crippen LogP contribution in [-0.2, 0) is 29.3 Å². The van der Waals surface area contributed by atoms with Crippen molar-refractivity contribution < 1.29 is 16.5 Å². The Morgan fingerprint density at radius 3 is 0.770 bits per heavy atom. The van der Waals surface area contributed by atoms with Crippen LogP contribution in [0, 0.1) is 23.7 Å². The minimum absolute atomic E-state index is 0. The van der Waals surface area contributed by atoms with Crippen LogP contribution in [0.25, 0.3) is 0 Å². The number of para-hydroxylation sites is 2. The van der Waals surface area contributed by atoms with E-state index in [0.29, 0.717) is 0 Å². The quantitative estimate of drug-likeness (QED) is 0.0273. The second kappa shape index (κ2) is 80.2. The molecule has 2 aromatic carbocycles. The van der Waals surface area contributed by atoms with Crippen molar-refractivity contribution in [3.8, 4) is 23.7 Å². The Morgan fingerprint density at radius 2 is 0.490 bits per heavy atom. The van der Waals surface area contributed by atoms with E-state index in [4.69, 9.17) is 9.98 Å². The van der Waals surface area contributed by atoms with Crippen molar-refractivity contribution in [2.45, 2.75) is 496 Å². The van der Waals surface area contributed by atoms with E-state index in [1.807, 2.05) is 0 Å². The second-order valence-corrected chi connectivity index (χ2v) is 31.0. The average molecular weight is 1420 g/mol. The van der Waals surface area contributed by atoms with Crippen LogP contribution >= 0.6 is 0 Å². The number of aliphatic imine (C=N–C) groups is 2. The summed E-state index contributed by atoms with van der Waals surface area (Å²) in [6.07, 6.45) is 104. The molecule has 2 aromatic rings. The first-order chi connectivity index (χ1) is 49.2. The summed E-state index contributed by atoms with van der Waals surface area (Å²) in [6.45, 7) is 9.24. The molecule has 574 valence electrons. The Morgan fingerprint density at radius 1 is 0.260 bits per heavy atom. The Kier molecular flexibility index (Phi) is 76.3. The summed E-state index contributed by atoms with van der Waals surface area (Å²) < 4.78 is 0. The molecular formula is C97H168N2Ni+2. The number of benzene rings is 2. The number of aryl methyl sites for hydroxylation is 2. The van der Waals surface area contributed by atoms with Gasteiger partial charge in [-0.15, -0.1) is 23.7 Å². The van der Waals surface area contributed by atoms with E-state index < -0.39 is 0 Å². The molecule has 0 atom stereocenters. The first kappa shape index (κ1) is 95.1. The summed E-state index contributed by atoms with van der Waals surface area (Å²) in [5, 5.41) is 0. The maximum atomic E-state index is 5.57. The van der Waals surface area contributed by atoms with E-state index in [9.17, 15) is 0 Å². The molecule has 0 amide bonds. The maximum Gasteiger partial charge on any atom is 2.00 e. The van der Waals surface area contributed by atoms with Gasteiger partial charge in [0.25, 0.3) is 0 Å². The summed E-state index contributed by atoms with van der Waals surface area (Å²) in [6, 6.07) is 17.7. The van der Waals surface area contributed by atoms with Crippen LogP contribution in [0.1, 0.15) is 495 Å². The van der Waals surface area contributed by atoms with Crippen molar-refractivity contribution in [2.75, 3.05) is 0 Å². The van der Waals surface area contributed by atoms with Gasteiger partial charge in [-0.05, 0) is 80.7 Å². The minimum atomic E-state index is 0. The van der Waals surface area contributed by atoms with Crippen LogP contribution in [0.3, 0.4) is 0 Å². The number of hydrogen-bond acceptors (Lipinski definition) is 2. The number of unbranched alkanes of at least 4 members (excludes halogenated alkanes) is 64. The van der Waals surface area contributed by atoms with Gasteiger partial charge < -0.3 is 0 Å². The monoisotopic (exact) mass is 1420 g/mol. The fourth-order valence-corrected chi connectivity index (χ4v) is 14.6. The number of nitrogens with zero attached hydrogens (tertiary/aromatic N) is 2. The van der Waals surface area contributed by atoms with Crippen LogP contribution in [0.5, 0.6) is 0 Å². The van der Waals surface area contributed by atoms with E-state index in [2.05, 4.69) is 112 Å². The molecule has 0 saturated carbocycles. The van der Waals surface area contributed by atoms with Gasteiger partial charge in [0.15, 0.2) is 0 Å². The molecule has 0 aromatic heterocycles. The Hall–Kier alpha value is -2.87. The van der Waals surface area contributed by atoms with E-state index >= 15 is 0 Å². The van der Waals surface area contributed by atoms with E-state index in [-0.39, 0.29) is 16.5 Å². The van der Waals surface area contributed by atoms with Crippen LogP contribution in [-0.4, -0.2) is 11.4 Å². The van der Waals surface area contributed by atoms with Crippen LogP contribution in [0.2, 0.25) is 0 Å². The third kappa shape index (κ3) is 64.7. The Labute approximate surface area is 637 Å². The molecule has 0 fully saturated rings. The largest absolute Gasteiger partial charge is 2.00 e. The number of hydrogen-bond donors (Lipinski definition) is 0. The summed E-state index contributed by atoms with van der Waals surface area (Å²) in [5.41, 5.74) is 6.87. The van der Waals surface area contributed by atoms with E-state index in [1.165, 1.54) is 416 Å². The predicted octanol–water partition coefficient (Wildman–Crippen LogP) is 34.0. The molecule has 0 spiro atoms. The predicted molar refractivity (Wildman–Crippen MR) is 450 cm³/mol. The van der Waals surface area contributed by atoms with Gasteiger partial charge in [0.1, 0.15) is 0 Å². The van der Waals surface area contributed by atoms with Crippen LogP contribution in [0.15, 0.2) is 70.7 Å². The fraction of sp³-hybridized carbons (Fsp3) is 0.794. The first-order valence-electron chi connectivity index (χ1n) is 45.1. The van der Waals surface area contributed by atoms with Gasteiger partial charge in [0, 0.05) is 25.7 Å². The zero-order chi connectivity index (χ0) is 70.4. The van der Waals surface area contributed by atoms with Crippen molar-refractivity contribution in [3.05, 3.63) is 71.8 Å². The van der Waals surface area contributed by atoms with Crippen LogP contribution < -0.4 is 0 Å². The van der Waals surface area contributed by atoms with Gasteiger partial charge >= 0.3 is 16.5 Å². The zero-order valence-corrected chi connectivity index (χ0v) is 68.6. The SMILES string of the molecule is CCCCCCCCCCCCCCCCCCCCC/C=C/C(=Nc1ccccc1CCC#CCCCCCCCCCCCCCCCCCCCCCCCC)C(CCCC)=Nc1ccccc1CCC#CCCCCCCCCCCCCCCCCCCCCCCCC.[Ni+2]. The molecule has 0 unspecified atom stereocenters. The van der Waals surface area contributed by atoms with Crippen molar-refractivity contribution in [2.24, 2.45) is 9.98 Å². The molecule has 0 radical (unpaired) electrons. The molecule has 2 nitrogen and oxygen atoms in total. The van der Waals surface area contributed by atoms with Gasteiger partial charge in [-0.25, -0.2) is 4.99 Å². The molecule has 0 bridgehead atoms. The van der Waals surface area contributed by atoms with Gasteiger partial charge in [0.2, 0.25) is 0 Å². The summed E-state index contributed by atoms with van der Waals surface area (Å²) in [5.74, 6) is 14.3.